The van der Waals surface area contributed by atoms with Gasteiger partial charge in [-0.05, 0) is 18.6 Å². The van der Waals surface area contributed by atoms with Gasteiger partial charge in [0.05, 0.1) is 6.20 Å². The van der Waals surface area contributed by atoms with Crippen molar-refractivity contribution in [2.45, 2.75) is 6.92 Å². The molecule has 0 saturated heterocycles. The van der Waals surface area contributed by atoms with Gasteiger partial charge in [0.2, 0.25) is 0 Å². The van der Waals surface area contributed by atoms with E-state index in [0.717, 1.165) is 0 Å². The summed E-state index contributed by atoms with van der Waals surface area (Å²) in [4.78, 5) is 7.93. The highest BCUT2D eigenvalue weighted by molar-refractivity contribution is 5.59. The number of benzene rings is 1. The summed E-state index contributed by atoms with van der Waals surface area (Å²) >= 11 is 0. The molecule has 0 aliphatic heterocycles. The maximum atomic E-state index is 13.4. The summed E-state index contributed by atoms with van der Waals surface area (Å²) in [5.74, 6) is 0.0768. The van der Waals surface area contributed by atoms with Crippen molar-refractivity contribution in [3.8, 4) is 17.5 Å². The molecule has 1 heterocycles. The van der Waals surface area contributed by atoms with Crippen LogP contribution in [0.15, 0.2) is 24.4 Å². The Morgan fingerprint density at radius 1 is 1.41 bits per heavy atom. The quantitative estimate of drug-likeness (QED) is 0.810. The highest BCUT2D eigenvalue weighted by Crippen LogP contribution is 2.19. The van der Waals surface area contributed by atoms with Gasteiger partial charge in [-0.2, -0.15) is 5.26 Å². The third kappa shape index (κ3) is 2.06. The summed E-state index contributed by atoms with van der Waals surface area (Å²) in [6.07, 6.45) is 1.33. The van der Waals surface area contributed by atoms with Crippen LogP contribution >= 0.6 is 0 Å². The van der Waals surface area contributed by atoms with E-state index < -0.39 is 0 Å². The number of nitriles is 1. The highest BCUT2D eigenvalue weighted by atomic mass is 19.1. The molecule has 0 unspecified atom stereocenters. The van der Waals surface area contributed by atoms with E-state index in [-0.39, 0.29) is 17.2 Å². The van der Waals surface area contributed by atoms with Crippen molar-refractivity contribution in [2.75, 3.05) is 5.73 Å². The second-order valence-corrected chi connectivity index (χ2v) is 3.57. The van der Waals surface area contributed by atoms with Crippen molar-refractivity contribution in [1.82, 2.24) is 9.97 Å². The molecule has 1 aromatic heterocycles. The third-order valence-corrected chi connectivity index (χ3v) is 2.37. The predicted molar refractivity (Wildman–Crippen MR) is 61.3 cm³/mol. The molecule has 1 aromatic carbocycles. The van der Waals surface area contributed by atoms with Gasteiger partial charge in [0.1, 0.15) is 23.3 Å². The molecule has 0 radical (unpaired) electrons. The number of nitrogen functional groups attached to an aromatic ring is 1. The SMILES string of the molecule is Cc1ccc(-c2ncc(C#N)c(N)n2)cc1F. The topological polar surface area (TPSA) is 75.6 Å². The third-order valence-electron chi connectivity index (χ3n) is 2.37. The van der Waals surface area contributed by atoms with Crippen LogP contribution in [0.3, 0.4) is 0 Å². The molecule has 0 saturated carbocycles. The van der Waals surface area contributed by atoms with Crippen molar-refractivity contribution in [3.63, 3.8) is 0 Å². The van der Waals surface area contributed by atoms with Gasteiger partial charge in [-0.3, -0.25) is 0 Å². The average molecular weight is 228 g/mol. The van der Waals surface area contributed by atoms with Crippen LogP contribution in [0.2, 0.25) is 0 Å². The van der Waals surface area contributed by atoms with Crippen molar-refractivity contribution in [2.24, 2.45) is 0 Å². The predicted octanol–water partition coefficient (Wildman–Crippen LogP) is 2.04. The van der Waals surface area contributed by atoms with Crippen LogP contribution in [0, 0.1) is 24.1 Å². The van der Waals surface area contributed by atoms with Gasteiger partial charge in [-0.1, -0.05) is 12.1 Å². The highest BCUT2D eigenvalue weighted by Gasteiger charge is 2.07. The monoisotopic (exact) mass is 228 g/mol. The number of anilines is 1. The van der Waals surface area contributed by atoms with Crippen molar-refractivity contribution in [3.05, 3.63) is 41.3 Å². The summed E-state index contributed by atoms with van der Waals surface area (Å²) in [6, 6.07) is 6.56. The van der Waals surface area contributed by atoms with Crippen LogP contribution in [0.25, 0.3) is 11.4 Å². The Labute approximate surface area is 97.6 Å². The molecular weight excluding hydrogens is 219 g/mol. The lowest BCUT2D eigenvalue weighted by molar-refractivity contribution is 0.619. The van der Waals surface area contributed by atoms with E-state index >= 15 is 0 Å². The van der Waals surface area contributed by atoms with E-state index in [1.54, 1.807) is 19.1 Å². The molecule has 17 heavy (non-hydrogen) atoms. The van der Waals surface area contributed by atoms with Crippen molar-refractivity contribution >= 4 is 5.82 Å². The summed E-state index contributed by atoms with van der Waals surface area (Å²) in [6.45, 7) is 1.67. The number of hydrogen-bond acceptors (Lipinski definition) is 4. The lowest BCUT2D eigenvalue weighted by Crippen LogP contribution is -1.99. The largest absolute Gasteiger partial charge is 0.382 e. The molecule has 2 aromatic rings. The Morgan fingerprint density at radius 3 is 2.76 bits per heavy atom. The van der Waals surface area contributed by atoms with Crippen LogP contribution in [0.5, 0.6) is 0 Å². The second-order valence-electron chi connectivity index (χ2n) is 3.57. The molecule has 4 nitrogen and oxygen atoms in total. The molecule has 2 N–H and O–H groups in total. The number of hydrogen-bond donors (Lipinski definition) is 1. The van der Waals surface area contributed by atoms with Crippen LogP contribution in [0.4, 0.5) is 10.2 Å². The number of aromatic nitrogens is 2. The van der Waals surface area contributed by atoms with E-state index in [1.165, 1.54) is 12.3 Å². The first-order valence-electron chi connectivity index (χ1n) is 4.91. The fraction of sp³-hybridized carbons (Fsp3) is 0.0833. The summed E-state index contributed by atoms with van der Waals surface area (Å²) in [5, 5.41) is 8.69. The van der Waals surface area contributed by atoms with E-state index in [0.29, 0.717) is 17.0 Å². The van der Waals surface area contributed by atoms with Crippen molar-refractivity contribution < 1.29 is 4.39 Å². The fourth-order valence-electron chi connectivity index (χ4n) is 1.35. The molecule has 0 amide bonds. The van der Waals surface area contributed by atoms with Crippen LogP contribution in [0.1, 0.15) is 11.1 Å². The number of nitrogens with two attached hydrogens (primary N) is 1. The molecule has 2 rings (SSSR count). The first-order valence-corrected chi connectivity index (χ1v) is 4.91. The lowest BCUT2D eigenvalue weighted by Gasteiger charge is -2.03. The van der Waals surface area contributed by atoms with Crippen LogP contribution < -0.4 is 5.73 Å². The van der Waals surface area contributed by atoms with Gasteiger partial charge in [0, 0.05) is 5.56 Å². The first kappa shape index (κ1) is 11.0. The molecule has 0 aliphatic carbocycles. The van der Waals surface area contributed by atoms with Gasteiger partial charge in [0.15, 0.2) is 5.82 Å². The normalized spacial score (nSPS) is 9.94. The van der Waals surface area contributed by atoms with Crippen molar-refractivity contribution in [1.29, 1.82) is 5.26 Å². The minimum atomic E-state index is -0.325. The Kier molecular flexibility index (Phi) is 2.71. The molecule has 0 spiro atoms. The lowest BCUT2D eigenvalue weighted by atomic mass is 10.1. The maximum absolute atomic E-state index is 13.4. The van der Waals surface area contributed by atoms with E-state index in [1.807, 2.05) is 6.07 Å². The van der Waals surface area contributed by atoms with E-state index in [2.05, 4.69) is 9.97 Å². The standard InChI is InChI=1S/C12H9FN4/c1-7-2-3-8(4-10(7)13)12-16-6-9(5-14)11(15)17-12/h2-4,6H,1H3,(H2,15,16,17). The Balaban J connectivity index is 2.50. The van der Waals surface area contributed by atoms with E-state index in [4.69, 9.17) is 11.0 Å². The average Bonchev–Trinajstić information content (AvgIpc) is 2.32. The fourth-order valence-corrected chi connectivity index (χ4v) is 1.35. The van der Waals surface area contributed by atoms with E-state index in [9.17, 15) is 4.39 Å². The Morgan fingerprint density at radius 2 is 2.18 bits per heavy atom. The molecule has 0 atom stereocenters. The van der Waals surface area contributed by atoms with Gasteiger partial charge in [-0.25, -0.2) is 14.4 Å². The van der Waals surface area contributed by atoms with Gasteiger partial charge in [-0.15, -0.1) is 0 Å². The molecule has 0 fully saturated rings. The molecule has 5 heteroatoms. The van der Waals surface area contributed by atoms with Crippen LogP contribution in [-0.4, -0.2) is 9.97 Å². The molecule has 0 bridgehead atoms. The second kappa shape index (κ2) is 4.18. The zero-order chi connectivity index (χ0) is 12.4. The minimum absolute atomic E-state index is 0.0958. The Hall–Kier alpha value is -2.48. The molecule has 0 aliphatic rings. The first-order chi connectivity index (χ1) is 8.11. The zero-order valence-electron chi connectivity index (χ0n) is 9.11. The smallest absolute Gasteiger partial charge is 0.161 e. The van der Waals surface area contributed by atoms with Gasteiger partial charge in [0.25, 0.3) is 0 Å². The summed E-state index contributed by atoms with van der Waals surface area (Å²) < 4.78 is 13.4. The molecule has 84 valence electrons. The molecular formula is C12H9FN4. The van der Waals surface area contributed by atoms with Gasteiger partial charge < -0.3 is 5.73 Å². The minimum Gasteiger partial charge on any atom is -0.382 e. The summed E-state index contributed by atoms with van der Waals surface area (Å²) in [5.41, 5.74) is 6.86. The maximum Gasteiger partial charge on any atom is 0.161 e. The van der Waals surface area contributed by atoms with Crippen LogP contribution in [-0.2, 0) is 0 Å². The number of rotatable bonds is 1. The number of aryl methyl sites for hydroxylation is 1. The Bertz CT molecular complexity index is 616. The summed E-state index contributed by atoms with van der Waals surface area (Å²) in [7, 11) is 0. The van der Waals surface area contributed by atoms with Gasteiger partial charge >= 0.3 is 0 Å². The number of halogens is 1. The number of nitrogens with zero attached hydrogens (tertiary/aromatic N) is 3. The zero-order valence-corrected chi connectivity index (χ0v) is 9.11.